The van der Waals surface area contributed by atoms with Crippen LogP contribution in [-0.2, 0) is 4.79 Å². The molecule has 2 rings (SSSR count). The summed E-state index contributed by atoms with van der Waals surface area (Å²) in [7, 11) is 0. The first kappa shape index (κ1) is 21.6. The van der Waals surface area contributed by atoms with Crippen LogP contribution in [0.15, 0.2) is 48.5 Å². The Kier molecular flexibility index (Phi) is 8.66. The SMILES string of the molecule is CC(C)CCOc1cccc(NC(=O)CNc2cccc(OCC(C)C)c2)c1. The number of hydrogen-bond acceptors (Lipinski definition) is 4. The molecule has 0 aliphatic heterocycles. The topological polar surface area (TPSA) is 59.6 Å². The van der Waals surface area contributed by atoms with Crippen LogP contribution in [0.1, 0.15) is 34.1 Å². The van der Waals surface area contributed by atoms with Crippen molar-refractivity contribution < 1.29 is 14.3 Å². The van der Waals surface area contributed by atoms with E-state index in [1.54, 1.807) is 0 Å². The lowest BCUT2D eigenvalue weighted by atomic mass is 10.1. The summed E-state index contributed by atoms with van der Waals surface area (Å²) in [5, 5.41) is 6.02. The molecular weight excluding hydrogens is 352 g/mol. The van der Waals surface area contributed by atoms with E-state index in [-0.39, 0.29) is 12.5 Å². The van der Waals surface area contributed by atoms with Gasteiger partial charge in [0.05, 0.1) is 19.8 Å². The highest BCUT2D eigenvalue weighted by molar-refractivity contribution is 5.93. The van der Waals surface area contributed by atoms with E-state index in [1.807, 2.05) is 48.5 Å². The smallest absolute Gasteiger partial charge is 0.243 e. The highest BCUT2D eigenvalue weighted by Crippen LogP contribution is 2.19. The van der Waals surface area contributed by atoms with Crippen LogP contribution in [0.2, 0.25) is 0 Å². The highest BCUT2D eigenvalue weighted by Gasteiger charge is 2.05. The van der Waals surface area contributed by atoms with Gasteiger partial charge < -0.3 is 20.1 Å². The van der Waals surface area contributed by atoms with Crippen LogP contribution in [0.5, 0.6) is 11.5 Å². The van der Waals surface area contributed by atoms with Crippen LogP contribution < -0.4 is 20.1 Å². The molecule has 0 bridgehead atoms. The van der Waals surface area contributed by atoms with Crippen molar-refractivity contribution >= 4 is 17.3 Å². The Morgan fingerprint density at radius 3 is 2.21 bits per heavy atom. The summed E-state index contributed by atoms with van der Waals surface area (Å²) in [5.74, 6) is 2.51. The molecular formula is C23H32N2O3. The van der Waals surface area contributed by atoms with Crippen molar-refractivity contribution in [3.63, 3.8) is 0 Å². The number of hydrogen-bond donors (Lipinski definition) is 2. The van der Waals surface area contributed by atoms with Crippen molar-refractivity contribution in [1.82, 2.24) is 0 Å². The Balaban J connectivity index is 1.81. The Labute approximate surface area is 168 Å². The van der Waals surface area contributed by atoms with E-state index < -0.39 is 0 Å². The lowest BCUT2D eigenvalue weighted by Gasteiger charge is -2.12. The molecule has 5 heteroatoms. The monoisotopic (exact) mass is 384 g/mol. The predicted octanol–water partition coefficient (Wildman–Crippen LogP) is 5.20. The number of benzene rings is 2. The van der Waals surface area contributed by atoms with Crippen molar-refractivity contribution in [3.05, 3.63) is 48.5 Å². The fourth-order valence-electron chi connectivity index (χ4n) is 2.42. The summed E-state index contributed by atoms with van der Waals surface area (Å²) >= 11 is 0. The Morgan fingerprint density at radius 1 is 0.893 bits per heavy atom. The molecule has 2 aromatic carbocycles. The molecule has 0 aliphatic carbocycles. The fourth-order valence-corrected chi connectivity index (χ4v) is 2.42. The third-order valence-electron chi connectivity index (χ3n) is 3.95. The van der Waals surface area contributed by atoms with Crippen LogP contribution in [0, 0.1) is 11.8 Å². The number of amides is 1. The largest absolute Gasteiger partial charge is 0.494 e. The van der Waals surface area contributed by atoms with Gasteiger partial charge in [-0.05, 0) is 42.5 Å². The minimum absolute atomic E-state index is 0.118. The minimum Gasteiger partial charge on any atom is -0.494 e. The molecule has 2 N–H and O–H groups in total. The first-order valence-corrected chi connectivity index (χ1v) is 9.92. The Hall–Kier alpha value is -2.69. The van der Waals surface area contributed by atoms with E-state index in [1.165, 1.54) is 0 Å². The van der Waals surface area contributed by atoms with Gasteiger partial charge in [0, 0.05) is 23.5 Å². The second kappa shape index (κ2) is 11.2. The zero-order valence-corrected chi connectivity index (χ0v) is 17.3. The third-order valence-corrected chi connectivity index (χ3v) is 3.95. The summed E-state index contributed by atoms with van der Waals surface area (Å²) in [5.41, 5.74) is 1.57. The van der Waals surface area contributed by atoms with Gasteiger partial charge in [-0.2, -0.15) is 0 Å². The predicted molar refractivity (Wildman–Crippen MR) is 115 cm³/mol. The van der Waals surface area contributed by atoms with Crippen molar-refractivity contribution in [2.45, 2.75) is 34.1 Å². The number of nitrogens with one attached hydrogen (secondary N) is 2. The normalized spacial score (nSPS) is 10.8. The number of rotatable bonds is 11. The summed E-state index contributed by atoms with van der Waals surface area (Å²) in [6.45, 7) is 10.1. The molecule has 0 spiro atoms. The molecule has 0 saturated carbocycles. The summed E-state index contributed by atoms with van der Waals surface area (Å²) in [6.07, 6.45) is 1.00. The molecule has 1 amide bonds. The Bertz CT molecular complexity index is 744. The van der Waals surface area contributed by atoms with Crippen LogP contribution in [-0.4, -0.2) is 25.7 Å². The van der Waals surface area contributed by atoms with Crippen molar-refractivity contribution in [2.75, 3.05) is 30.4 Å². The molecule has 152 valence electrons. The lowest BCUT2D eigenvalue weighted by molar-refractivity contribution is -0.114. The number of ether oxygens (including phenoxy) is 2. The van der Waals surface area contributed by atoms with E-state index in [0.29, 0.717) is 25.0 Å². The van der Waals surface area contributed by atoms with Crippen LogP contribution in [0.25, 0.3) is 0 Å². The average Bonchev–Trinajstić information content (AvgIpc) is 2.65. The van der Waals surface area contributed by atoms with E-state index in [0.717, 1.165) is 29.3 Å². The van der Waals surface area contributed by atoms with Gasteiger partial charge in [-0.3, -0.25) is 4.79 Å². The molecule has 0 radical (unpaired) electrons. The highest BCUT2D eigenvalue weighted by atomic mass is 16.5. The van der Waals surface area contributed by atoms with Gasteiger partial charge in [0.1, 0.15) is 11.5 Å². The maximum atomic E-state index is 12.3. The van der Waals surface area contributed by atoms with Crippen LogP contribution in [0.4, 0.5) is 11.4 Å². The van der Waals surface area contributed by atoms with Crippen LogP contribution in [0.3, 0.4) is 0 Å². The molecule has 0 atom stereocenters. The van der Waals surface area contributed by atoms with Crippen LogP contribution >= 0.6 is 0 Å². The third kappa shape index (κ3) is 8.33. The maximum absolute atomic E-state index is 12.3. The van der Waals surface area contributed by atoms with Gasteiger partial charge in [0.2, 0.25) is 5.91 Å². The summed E-state index contributed by atoms with van der Waals surface area (Å²) < 4.78 is 11.5. The fraction of sp³-hybridized carbons (Fsp3) is 0.435. The molecule has 0 aliphatic rings. The zero-order chi connectivity index (χ0) is 20.4. The quantitative estimate of drug-likeness (QED) is 0.559. The lowest BCUT2D eigenvalue weighted by Crippen LogP contribution is -2.21. The van der Waals surface area contributed by atoms with E-state index >= 15 is 0 Å². The minimum atomic E-state index is -0.118. The molecule has 2 aromatic rings. The summed E-state index contributed by atoms with van der Waals surface area (Å²) in [6, 6.07) is 15.1. The second-order valence-electron chi connectivity index (χ2n) is 7.69. The van der Waals surface area contributed by atoms with E-state index in [2.05, 4.69) is 38.3 Å². The van der Waals surface area contributed by atoms with Gasteiger partial charge in [-0.15, -0.1) is 0 Å². The van der Waals surface area contributed by atoms with E-state index in [4.69, 9.17) is 9.47 Å². The second-order valence-corrected chi connectivity index (χ2v) is 7.69. The average molecular weight is 385 g/mol. The first-order chi connectivity index (χ1) is 13.4. The number of carbonyl (C=O) groups excluding carboxylic acids is 1. The van der Waals surface area contributed by atoms with Gasteiger partial charge in [-0.1, -0.05) is 39.8 Å². The van der Waals surface area contributed by atoms with Crippen molar-refractivity contribution in [3.8, 4) is 11.5 Å². The molecule has 0 saturated heterocycles. The molecule has 0 heterocycles. The molecule has 0 fully saturated rings. The maximum Gasteiger partial charge on any atom is 0.243 e. The number of anilines is 2. The molecule has 0 unspecified atom stereocenters. The van der Waals surface area contributed by atoms with Crippen molar-refractivity contribution in [1.29, 1.82) is 0 Å². The van der Waals surface area contributed by atoms with Gasteiger partial charge in [0.25, 0.3) is 0 Å². The first-order valence-electron chi connectivity index (χ1n) is 9.92. The van der Waals surface area contributed by atoms with Gasteiger partial charge in [0.15, 0.2) is 0 Å². The summed E-state index contributed by atoms with van der Waals surface area (Å²) in [4.78, 5) is 12.3. The van der Waals surface area contributed by atoms with Crippen molar-refractivity contribution in [2.24, 2.45) is 11.8 Å². The van der Waals surface area contributed by atoms with Gasteiger partial charge in [-0.25, -0.2) is 0 Å². The molecule has 5 nitrogen and oxygen atoms in total. The van der Waals surface area contributed by atoms with Gasteiger partial charge >= 0.3 is 0 Å². The Morgan fingerprint density at radius 2 is 1.54 bits per heavy atom. The molecule has 0 aromatic heterocycles. The standard InChI is InChI=1S/C23H32N2O3/c1-17(2)11-12-27-21-9-6-8-20(14-21)25-23(26)15-24-19-7-5-10-22(13-19)28-16-18(3)4/h5-10,13-14,17-18,24H,11-12,15-16H2,1-4H3,(H,25,26). The molecule has 28 heavy (non-hydrogen) atoms. The van der Waals surface area contributed by atoms with E-state index in [9.17, 15) is 4.79 Å². The zero-order valence-electron chi connectivity index (χ0n) is 17.3. The number of carbonyl (C=O) groups is 1.